The van der Waals surface area contributed by atoms with Crippen molar-refractivity contribution in [3.05, 3.63) is 29.8 Å². The first-order valence-corrected chi connectivity index (χ1v) is 6.31. The van der Waals surface area contributed by atoms with Crippen LogP contribution in [0.3, 0.4) is 0 Å². The van der Waals surface area contributed by atoms with Crippen LogP contribution >= 0.6 is 0 Å². The lowest BCUT2D eigenvalue weighted by molar-refractivity contribution is -0.154. The summed E-state index contributed by atoms with van der Waals surface area (Å²) < 4.78 is 41.7. The van der Waals surface area contributed by atoms with E-state index in [-0.39, 0.29) is 11.3 Å². The summed E-state index contributed by atoms with van der Waals surface area (Å²) in [6, 6.07) is 5.58. The Labute approximate surface area is 120 Å². The number of nitrogens with one attached hydrogen (secondary N) is 1. The number of hydrogen-bond acceptors (Lipinski definition) is 3. The molecule has 0 heterocycles. The summed E-state index contributed by atoms with van der Waals surface area (Å²) in [6.07, 6.45) is -8.20. The summed E-state index contributed by atoms with van der Waals surface area (Å²) >= 11 is 0. The summed E-state index contributed by atoms with van der Waals surface area (Å²) in [7, 11) is 0. The highest BCUT2D eigenvalue weighted by atomic mass is 19.4. The molecule has 1 rings (SSSR count). The van der Waals surface area contributed by atoms with Crippen LogP contribution in [0.5, 0.6) is 0 Å². The van der Waals surface area contributed by atoms with Crippen molar-refractivity contribution in [2.75, 3.05) is 5.32 Å². The molecule has 0 saturated carbocycles. The second-order valence-corrected chi connectivity index (χ2v) is 5.59. The van der Waals surface area contributed by atoms with Crippen LogP contribution in [-0.4, -0.2) is 23.0 Å². The molecule has 1 aromatic rings. The molecule has 0 spiro atoms. The lowest BCUT2D eigenvalue weighted by atomic mass is 10.1. The Hall–Kier alpha value is -1.76. The normalized spacial score (nSPS) is 13.7. The summed E-state index contributed by atoms with van der Waals surface area (Å²) in [4.78, 5) is 11.6. The molecule has 0 aliphatic rings. The van der Waals surface area contributed by atoms with Crippen LogP contribution in [0.4, 0.5) is 23.7 Å². The minimum atomic E-state index is -4.46. The Kier molecular flexibility index (Phi) is 5.22. The molecule has 0 aromatic heterocycles. The third-order valence-corrected chi connectivity index (χ3v) is 2.34. The van der Waals surface area contributed by atoms with Gasteiger partial charge in [0.2, 0.25) is 0 Å². The molecule has 1 amide bonds. The van der Waals surface area contributed by atoms with Gasteiger partial charge in [0.1, 0.15) is 5.60 Å². The number of aliphatic hydroxyl groups excluding tert-OH is 1. The molecular weight excluding hydrogens is 287 g/mol. The topological polar surface area (TPSA) is 58.6 Å². The van der Waals surface area contributed by atoms with Gasteiger partial charge in [-0.05, 0) is 38.5 Å². The quantitative estimate of drug-likeness (QED) is 0.886. The number of aliphatic hydroxyl groups is 1. The average molecular weight is 305 g/mol. The first-order chi connectivity index (χ1) is 9.46. The first-order valence-electron chi connectivity index (χ1n) is 6.31. The van der Waals surface area contributed by atoms with E-state index in [0.717, 1.165) is 0 Å². The van der Waals surface area contributed by atoms with Crippen molar-refractivity contribution in [2.24, 2.45) is 0 Å². The van der Waals surface area contributed by atoms with E-state index in [4.69, 9.17) is 4.74 Å². The van der Waals surface area contributed by atoms with E-state index in [9.17, 15) is 23.1 Å². The number of benzene rings is 1. The maximum atomic E-state index is 12.2. The predicted molar refractivity (Wildman–Crippen MR) is 71.9 cm³/mol. The third-order valence-electron chi connectivity index (χ3n) is 2.34. The van der Waals surface area contributed by atoms with Crippen LogP contribution in [-0.2, 0) is 4.74 Å². The molecule has 1 atom stereocenters. The fraction of sp³-hybridized carbons (Fsp3) is 0.500. The summed E-state index contributed by atoms with van der Waals surface area (Å²) in [5, 5.41) is 11.9. The van der Waals surface area contributed by atoms with Gasteiger partial charge >= 0.3 is 12.3 Å². The van der Waals surface area contributed by atoms with E-state index in [0.29, 0.717) is 0 Å². The molecule has 0 aliphatic carbocycles. The fourth-order valence-electron chi connectivity index (χ4n) is 1.58. The van der Waals surface area contributed by atoms with Crippen molar-refractivity contribution in [1.82, 2.24) is 0 Å². The standard InChI is InChI=1S/C14H18F3NO3/c1-13(2,3)21-12(20)18-10-6-4-5-9(7-10)11(19)8-14(15,16)17/h4-7,11,19H,8H2,1-3H3,(H,18,20). The molecule has 2 N–H and O–H groups in total. The predicted octanol–water partition coefficient (Wildman–Crippen LogP) is 4.02. The van der Waals surface area contributed by atoms with Crippen LogP contribution in [0.25, 0.3) is 0 Å². The molecule has 21 heavy (non-hydrogen) atoms. The lowest BCUT2D eigenvalue weighted by Crippen LogP contribution is -2.27. The van der Waals surface area contributed by atoms with Gasteiger partial charge in [-0.15, -0.1) is 0 Å². The van der Waals surface area contributed by atoms with E-state index >= 15 is 0 Å². The maximum absolute atomic E-state index is 12.2. The van der Waals surface area contributed by atoms with Gasteiger partial charge < -0.3 is 9.84 Å². The zero-order chi connectivity index (χ0) is 16.3. The Morgan fingerprint density at radius 3 is 2.48 bits per heavy atom. The molecule has 1 unspecified atom stereocenters. The van der Waals surface area contributed by atoms with Crippen molar-refractivity contribution < 1.29 is 27.8 Å². The molecular formula is C14H18F3NO3. The monoisotopic (exact) mass is 305 g/mol. The van der Waals surface area contributed by atoms with Gasteiger partial charge in [0, 0.05) is 5.69 Å². The number of rotatable bonds is 3. The second kappa shape index (κ2) is 6.34. The largest absolute Gasteiger partial charge is 0.444 e. The highest BCUT2D eigenvalue weighted by Crippen LogP contribution is 2.30. The van der Waals surface area contributed by atoms with E-state index in [1.807, 2.05) is 0 Å². The number of hydrogen-bond donors (Lipinski definition) is 2. The number of anilines is 1. The Morgan fingerprint density at radius 1 is 1.33 bits per heavy atom. The van der Waals surface area contributed by atoms with Gasteiger partial charge in [-0.3, -0.25) is 5.32 Å². The van der Waals surface area contributed by atoms with Gasteiger partial charge in [0.25, 0.3) is 0 Å². The van der Waals surface area contributed by atoms with Gasteiger partial charge in [0.15, 0.2) is 0 Å². The number of carbonyl (C=O) groups excluding carboxylic acids is 1. The minimum absolute atomic E-state index is 0.0703. The highest BCUT2D eigenvalue weighted by molar-refractivity contribution is 5.84. The van der Waals surface area contributed by atoms with E-state index in [2.05, 4.69) is 5.32 Å². The van der Waals surface area contributed by atoms with Crippen molar-refractivity contribution >= 4 is 11.8 Å². The summed E-state index contributed by atoms with van der Waals surface area (Å²) in [5.74, 6) is 0. The SMILES string of the molecule is CC(C)(C)OC(=O)Nc1cccc(C(O)CC(F)(F)F)c1. The first kappa shape index (κ1) is 17.3. The van der Waals surface area contributed by atoms with Gasteiger partial charge in [-0.25, -0.2) is 4.79 Å². The maximum Gasteiger partial charge on any atom is 0.412 e. The average Bonchev–Trinajstić information content (AvgIpc) is 2.24. The van der Waals surface area contributed by atoms with Crippen LogP contribution in [0.2, 0.25) is 0 Å². The second-order valence-electron chi connectivity index (χ2n) is 5.59. The number of amides is 1. The van der Waals surface area contributed by atoms with Crippen molar-refractivity contribution in [1.29, 1.82) is 0 Å². The fourth-order valence-corrected chi connectivity index (χ4v) is 1.58. The molecule has 0 aliphatic heterocycles. The zero-order valence-electron chi connectivity index (χ0n) is 12.0. The van der Waals surface area contributed by atoms with Gasteiger partial charge in [0.05, 0.1) is 12.5 Å². The molecule has 7 heteroatoms. The number of carbonyl (C=O) groups is 1. The number of ether oxygens (including phenoxy) is 1. The van der Waals surface area contributed by atoms with Crippen LogP contribution in [0, 0.1) is 0 Å². The molecule has 0 radical (unpaired) electrons. The van der Waals surface area contributed by atoms with E-state index in [1.54, 1.807) is 20.8 Å². The van der Waals surface area contributed by atoms with E-state index < -0.39 is 30.4 Å². The third kappa shape index (κ3) is 6.99. The minimum Gasteiger partial charge on any atom is -0.444 e. The summed E-state index contributed by atoms with van der Waals surface area (Å²) in [5.41, 5.74) is -0.360. The molecule has 0 saturated heterocycles. The molecule has 0 fully saturated rings. The molecule has 1 aromatic carbocycles. The number of alkyl halides is 3. The van der Waals surface area contributed by atoms with Crippen molar-refractivity contribution in [3.63, 3.8) is 0 Å². The molecule has 4 nitrogen and oxygen atoms in total. The van der Waals surface area contributed by atoms with Gasteiger partial charge in [-0.2, -0.15) is 13.2 Å². The zero-order valence-corrected chi connectivity index (χ0v) is 12.0. The van der Waals surface area contributed by atoms with Crippen molar-refractivity contribution in [2.45, 2.75) is 45.1 Å². The molecule has 118 valence electrons. The lowest BCUT2D eigenvalue weighted by Gasteiger charge is -2.20. The van der Waals surface area contributed by atoms with Gasteiger partial charge in [-0.1, -0.05) is 12.1 Å². The Morgan fingerprint density at radius 2 is 1.95 bits per heavy atom. The van der Waals surface area contributed by atoms with Crippen LogP contribution in [0.1, 0.15) is 38.9 Å². The Balaban J connectivity index is 2.75. The Bertz CT molecular complexity index is 495. The van der Waals surface area contributed by atoms with Crippen LogP contribution in [0.15, 0.2) is 24.3 Å². The van der Waals surface area contributed by atoms with E-state index in [1.165, 1.54) is 24.3 Å². The van der Waals surface area contributed by atoms with Crippen molar-refractivity contribution in [3.8, 4) is 0 Å². The van der Waals surface area contributed by atoms with Crippen LogP contribution < -0.4 is 5.32 Å². The summed E-state index contributed by atoms with van der Waals surface area (Å²) in [6.45, 7) is 5.07. The molecule has 0 bridgehead atoms. The smallest absolute Gasteiger partial charge is 0.412 e. The highest BCUT2D eigenvalue weighted by Gasteiger charge is 2.31. The number of halogens is 3.